The summed E-state index contributed by atoms with van der Waals surface area (Å²) < 4.78 is 46.0. The Morgan fingerprint density at radius 2 is 1.68 bits per heavy atom. The second kappa shape index (κ2) is 9.67. The number of carbonyl (C=O) groups is 1. The first-order chi connectivity index (χ1) is 18.2. The van der Waals surface area contributed by atoms with Gasteiger partial charge in [0.05, 0.1) is 29.1 Å². The number of hydrogen-bond donors (Lipinski definition) is 0. The SMILES string of the molecule is CN1CCN(Cc2ccc(CC(=O)Cc3ccc4c(c3)nc3n4CCn4cncc4-3)cc2C(F)(F)F)CC1. The van der Waals surface area contributed by atoms with Crippen molar-refractivity contribution < 1.29 is 18.0 Å². The highest BCUT2D eigenvalue weighted by atomic mass is 19.4. The van der Waals surface area contributed by atoms with Crippen LogP contribution in [0.2, 0.25) is 0 Å². The molecule has 198 valence electrons. The molecule has 4 aromatic rings. The number of imidazole rings is 2. The van der Waals surface area contributed by atoms with Crippen LogP contribution in [0, 0.1) is 0 Å². The molecular weight excluding hydrogens is 493 g/mol. The summed E-state index contributed by atoms with van der Waals surface area (Å²) in [4.78, 5) is 26.1. The molecule has 4 heterocycles. The van der Waals surface area contributed by atoms with Gasteiger partial charge in [0.2, 0.25) is 0 Å². The highest BCUT2D eigenvalue weighted by molar-refractivity contribution is 5.86. The number of rotatable bonds is 6. The summed E-state index contributed by atoms with van der Waals surface area (Å²) in [5.74, 6) is 0.718. The fourth-order valence-corrected chi connectivity index (χ4v) is 5.50. The van der Waals surface area contributed by atoms with E-state index < -0.39 is 11.7 Å². The van der Waals surface area contributed by atoms with Crippen LogP contribution in [0.4, 0.5) is 13.2 Å². The second-order valence-corrected chi connectivity index (χ2v) is 10.3. The molecule has 0 radical (unpaired) electrons. The highest BCUT2D eigenvalue weighted by Gasteiger charge is 2.34. The molecule has 0 bridgehead atoms. The molecule has 2 aliphatic heterocycles. The Bertz CT molecular complexity index is 1500. The van der Waals surface area contributed by atoms with Crippen molar-refractivity contribution in [3.8, 4) is 11.5 Å². The smallest absolute Gasteiger partial charge is 0.326 e. The van der Waals surface area contributed by atoms with Crippen LogP contribution in [0.3, 0.4) is 0 Å². The van der Waals surface area contributed by atoms with Crippen LogP contribution in [-0.4, -0.2) is 67.9 Å². The quantitative estimate of drug-likeness (QED) is 0.383. The average Bonchev–Trinajstić information content (AvgIpc) is 3.49. The standard InChI is InChI=1S/C28H29F3N6O/c1-34-6-8-35(9-7-34)17-21-4-2-19(14-23(21)28(29,30)31)12-22(38)13-20-3-5-25-24(15-20)33-27-26-16-32-18-36(26)10-11-37(25)27/h2-5,14-16,18H,6-13,17H2,1H3. The van der Waals surface area contributed by atoms with E-state index in [1.54, 1.807) is 18.6 Å². The first-order valence-electron chi connectivity index (χ1n) is 12.9. The number of aromatic nitrogens is 4. The van der Waals surface area contributed by atoms with Gasteiger partial charge in [0.15, 0.2) is 5.82 Å². The van der Waals surface area contributed by atoms with Crippen molar-refractivity contribution in [2.24, 2.45) is 0 Å². The van der Waals surface area contributed by atoms with Gasteiger partial charge in [0.1, 0.15) is 11.5 Å². The molecule has 0 aliphatic carbocycles. The van der Waals surface area contributed by atoms with Crippen molar-refractivity contribution in [3.63, 3.8) is 0 Å². The van der Waals surface area contributed by atoms with E-state index >= 15 is 0 Å². The molecule has 1 fully saturated rings. The molecule has 0 amide bonds. The molecule has 1 saturated heterocycles. The molecule has 10 heteroatoms. The minimum atomic E-state index is -4.47. The number of ketones is 1. The third kappa shape index (κ3) is 4.86. The Labute approximate surface area is 218 Å². The van der Waals surface area contributed by atoms with E-state index in [0.717, 1.165) is 73.5 Å². The minimum absolute atomic E-state index is 0.0468. The number of Topliss-reactive ketones (excluding diaryl/α,β-unsaturated/α-hetero) is 1. The Kier molecular flexibility index (Phi) is 6.31. The summed E-state index contributed by atoms with van der Waals surface area (Å²) in [7, 11) is 2.01. The third-order valence-corrected chi connectivity index (χ3v) is 7.59. The minimum Gasteiger partial charge on any atom is -0.326 e. The molecule has 2 aromatic carbocycles. The number of likely N-dealkylation sites (N-methyl/N-ethyl adjacent to an activating group) is 1. The van der Waals surface area contributed by atoms with E-state index in [9.17, 15) is 18.0 Å². The van der Waals surface area contributed by atoms with Crippen molar-refractivity contribution in [2.75, 3.05) is 33.2 Å². The molecule has 0 atom stereocenters. The molecule has 2 aromatic heterocycles. The fourth-order valence-electron chi connectivity index (χ4n) is 5.50. The van der Waals surface area contributed by atoms with Crippen LogP contribution >= 0.6 is 0 Å². The van der Waals surface area contributed by atoms with Gasteiger partial charge in [-0.1, -0.05) is 18.2 Å². The van der Waals surface area contributed by atoms with Crippen LogP contribution in [0.25, 0.3) is 22.6 Å². The maximum atomic E-state index is 13.9. The van der Waals surface area contributed by atoms with Gasteiger partial charge >= 0.3 is 6.18 Å². The van der Waals surface area contributed by atoms with E-state index in [-0.39, 0.29) is 30.7 Å². The monoisotopic (exact) mass is 522 g/mol. The maximum absolute atomic E-state index is 13.9. The zero-order valence-electron chi connectivity index (χ0n) is 21.2. The van der Waals surface area contributed by atoms with Gasteiger partial charge in [-0.2, -0.15) is 13.2 Å². The van der Waals surface area contributed by atoms with E-state index in [2.05, 4.69) is 19.0 Å². The number of halogens is 3. The van der Waals surface area contributed by atoms with Gasteiger partial charge in [-0.3, -0.25) is 9.69 Å². The zero-order valence-corrected chi connectivity index (χ0v) is 21.2. The lowest BCUT2D eigenvalue weighted by molar-refractivity contribution is -0.138. The number of alkyl halides is 3. The summed E-state index contributed by atoms with van der Waals surface area (Å²) in [6.45, 7) is 5.02. The van der Waals surface area contributed by atoms with Crippen molar-refractivity contribution in [1.82, 2.24) is 28.9 Å². The third-order valence-electron chi connectivity index (χ3n) is 7.59. The van der Waals surface area contributed by atoms with Crippen LogP contribution in [0.15, 0.2) is 48.9 Å². The van der Waals surface area contributed by atoms with Crippen molar-refractivity contribution in [2.45, 2.75) is 38.7 Å². The number of hydrogen-bond acceptors (Lipinski definition) is 5. The molecule has 6 rings (SSSR count). The Morgan fingerprint density at radius 3 is 2.45 bits per heavy atom. The number of fused-ring (bicyclic) bond motifs is 5. The topological polar surface area (TPSA) is 59.2 Å². The lowest BCUT2D eigenvalue weighted by Gasteiger charge is -2.33. The first-order valence-corrected chi connectivity index (χ1v) is 12.9. The Morgan fingerprint density at radius 1 is 0.947 bits per heavy atom. The summed E-state index contributed by atoms with van der Waals surface area (Å²) >= 11 is 0. The summed E-state index contributed by atoms with van der Waals surface area (Å²) in [5.41, 5.74) is 3.55. The molecule has 7 nitrogen and oxygen atoms in total. The van der Waals surface area contributed by atoms with E-state index in [0.29, 0.717) is 5.56 Å². The zero-order chi connectivity index (χ0) is 26.4. The van der Waals surface area contributed by atoms with E-state index in [1.165, 1.54) is 6.07 Å². The molecular formula is C28H29F3N6O. The predicted molar refractivity (Wildman–Crippen MR) is 138 cm³/mol. The van der Waals surface area contributed by atoms with Crippen LogP contribution in [-0.2, 0) is 43.4 Å². The molecule has 0 spiro atoms. The fraction of sp³-hybridized carbons (Fsp3) is 0.393. The van der Waals surface area contributed by atoms with E-state index in [1.807, 2.05) is 30.1 Å². The number of aryl methyl sites for hydroxylation is 2. The second-order valence-electron chi connectivity index (χ2n) is 10.3. The van der Waals surface area contributed by atoms with Crippen molar-refractivity contribution in [1.29, 1.82) is 0 Å². The number of nitrogens with zero attached hydrogens (tertiary/aromatic N) is 6. The van der Waals surface area contributed by atoms with Crippen molar-refractivity contribution in [3.05, 3.63) is 71.2 Å². The maximum Gasteiger partial charge on any atom is 0.416 e. The summed E-state index contributed by atoms with van der Waals surface area (Å²) in [6, 6.07) is 10.1. The predicted octanol–water partition coefficient (Wildman–Crippen LogP) is 4.03. The molecule has 38 heavy (non-hydrogen) atoms. The molecule has 0 saturated carbocycles. The van der Waals surface area contributed by atoms with Gasteiger partial charge in [-0.15, -0.1) is 0 Å². The largest absolute Gasteiger partial charge is 0.416 e. The van der Waals surface area contributed by atoms with Crippen molar-refractivity contribution >= 4 is 16.8 Å². The number of carbonyl (C=O) groups excluding carboxylic acids is 1. The van der Waals surface area contributed by atoms with Gasteiger partial charge in [0, 0.05) is 58.7 Å². The lowest BCUT2D eigenvalue weighted by atomic mass is 9.97. The molecule has 2 aliphatic rings. The van der Waals surface area contributed by atoms with Crippen LogP contribution in [0.1, 0.15) is 22.3 Å². The van der Waals surface area contributed by atoms with E-state index in [4.69, 9.17) is 4.98 Å². The summed E-state index contributed by atoms with van der Waals surface area (Å²) in [5, 5.41) is 0. The Balaban J connectivity index is 1.17. The Hall–Kier alpha value is -3.50. The van der Waals surface area contributed by atoms with Crippen LogP contribution < -0.4 is 0 Å². The van der Waals surface area contributed by atoms with Crippen LogP contribution in [0.5, 0.6) is 0 Å². The molecule has 0 unspecified atom stereocenters. The summed E-state index contributed by atoms with van der Waals surface area (Å²) in [6.07, 6.45) is -0.783. The average molecular weight is 523 g/mol. The van der Waals surface area contributed by atoms with Gasteiger partial charge < -0.3 is 14.0 Å². The van der Waals surface area contributed by atoms with Gasteiger partial charge in [-0.05, 0) is 41.9 Å². The molecule has 0 N–H and O–H groups in total. The normalized spacial score (nSPS) is 16.5. The lowest BCUT2D eigenvalue weighted by Crippen LogP contribution is -2.44. The number of piperazine rings is 1. The first kappa shape index (κ1) is 24.8. The van der Waals surface area contributed by atoms with Gasteiger partial charge in [-0.25, -0.2) is 9.97 Å². The number of benzene rings is 2. The highest BCUT2D eigenvalue weighted by Crippen LogP contribution is 2.34. The van der Waals surface area contributed by atoms with Gasteiger partial charge in [0.25, 0.3) is 0 Å².